The lowest BCUT2D eigenvalue weighted by Gasteiger charge is -2.04. The highest BCUT2D eigenvalue weighted by Crippen LogP contribution is 2.11. The summed E-state index contributed by atoms with van der Waals surface area (Å²) in [6, 6.07) is 0. The largest absolute Gasteiger partial charge is 0.354 e. The molecule has 92 valence electrons. The van der Waals surface area contributed by atoms with Crippen molar-refractivity contribution >= 4 is 17.1 Å². The topological polar surface area (TPSA) is 55.6 Å². The van der Waals surface area contributed by atoms with E-state index in [0.29, 0.717) is 5.95 Å². The number of hydrogen-bond acceptors (Lipinski definition) is 4. The van der Waals surface area contributed by atoms with Gasteiger partial charge in [-0.25, -0.2) is 9.97 Å². The molecule has 0 radical (unpaired) electrons. The normalized spacial score (nSPS) is 10.9. The first-order valence-electron chi connectivity index (χ1n) is 6.27. The number of fused-ring (bicyclic) bond motifs is 1. The van der Waals surface area contributed by atoms with Gasteiger partial charge in [-0.3, -0.25) is 0 Å². The van der Waals surface area contributed by atoms with Crippen molar-refractivity contribution in [3.05, 3.63) is 12.5 Å². The second-order valence-electron chi connectivity index (χ2n) is 4.12. The lowest BCUT2D eigenvalue weighted by atomic mass is 10.3. The quantitative estimate of drug-likeness (QED) is 0.779. The van der Waals surface area contributed by atoms with Crippen LogP contribution in [0.5, 0.6) is 0 Å². The SMILES string of the molecule is CCCCNc1ncc2ncn(CCC)c2n1. The molecule has 2 heterocycles. The highest BCUT2D eigenvalue weighted by Gasteiger charge is 2.05. The van der Waals surface area contributed by atoms with E-state index in [4.69, 9.17) is 0 Å². The predicted molar refractivity (Wildman–Crippen MR) is 69.0 cm³/mol. The number of aryl methyl sites for hydroxylation is 1. The molecule has 0 aliphatic rings. The van der Waals surface area contributed by atoms with Crippen molar-refractivity contribution < 1.29 is 0 Å². The Kier molecular flexibility index (Phi) is 3.90. The van der Waals surface area contributed by atoms with Crippen LogP contribution in [0.25, 0.3) is 11.2 Å². The summed E-state index contributed by atoms with van der Waals surface area (Å²) in [5.74, 6) is 0.698. The summed E-state index contributed by atoms with van der Waals surface area (Å²) in [7, 11) is 0. The van der Waals surface area contributed by atoms with Crippen molar-refractivity contribution in [3.8, 4) is 0 Å². The van der Waals surface area contributed by atoms with Gasteiger partial charge in [-0.05, 0) is 12.8 Å². The van der Waals surface area contributed by atoms with Gasteiger partial charge in [0.25, 0.3) is 0 Å². The zero-order chi connectivity index (χ0) is 12.1. The molecular formula is C12H19N5. The van der Waals surface area contributed by atoms with E-state index >= 15 is 0 Å². The van der Waals surface area contributed by atoms with Crippen molar-refractivity contribution in [3.63, 3.8) is 0 Å². The van der Waals surface area contributed by atoms with Crippen molar-refractivity contribution in [1.82, 2.24) is 19.5 Å². The van der Waals surface area contributed by atoms with Gasteiger partial charge in [0.2, 0.25) is 5.95 Å². The van der Waals surface area contributed by atoms with Crippen molar-refractivity contribution in [2.75, 3.05) is 11.9 Å². The van der Waals surface area contributed by atoms with E-state index in [-0.39, 0.29) is 0 Å². The molecule has 0 fully saturated rings. The third-order valence-corrected chi connectivity index (χ3v) is 2.64. The number of imidazole rings is 1. The van der Waals surface area contributed by atoms with Crippen LogP contribution in [0.1, 0.15) is 33.1 Å². The Bertz CT molecular complexity index is 477. The molecule has 0 aliphatic carbocycles. The van der Waals surface area contributed by atoms with Crippen LogP contribution in [-0.2, 0) is 6.54 Å². The fraction of sp³-hybridized carbons (Fsp3) is 0.583. The molecule has 2 aromatic heterocycles. The van der Waals surface area contributed by atoms with Gasteiger partial charge in [-0.2, -0.15) is 4.98 Å². The molecule has 0 saturated carbocycles. The number of nitrogens with one attached hydrogen (secondary N) is 1. The lowest BCUT2D eigenvalue weighted by Crippen LogP contribution is -2.06. The van der Waals surface area contributed by atoms with Gasteiger partial charge in [-0.15, -0.1) is 0 Å². The molecule has 0 bridgehead atoms. The van der Waals surface area contributed by atoms with Crippen LogP contribution in [0.15, 0.2) is 12.5 Å². The molecule has 1 N–H and O–H groups in total. The second-order valence-corrected chi connectivity index (χ2v) is 4.12. The first-order chi connectivity index (χ1) is 8.35. The maximum absolute atomic E-state index is 4.50. The summed E-state index contributed by atoms with van der Waals surface area (Å²) >= 11 is 0. The van der Waals surface area contributed by atoms with Crippen molar-refractivity contribution in [2.45, 2.75) is 39.7 Å². The molecule has 0 amide bonds. The van der Waals surface area contributed by atoms with Crippen molar-refractivity contribution in [1.29, 1.82) is 0 Å². The highest BCUT2D eigenvalue weighted by atomic mass is 15.2. The average Bonchev–Trinajstić information content (AvgIpc) is 2.73. The molecule has 17 heavy (non-hydrogen) atoms. The van der Waals surface area contributed by atoms with E-state index in [1.165, 1.54) is 6.42 Å². The summed E-state index contributed by atoms with van der Waals surface area (Å²) in [5, 5.41) is 3.23. The van der Waals surface area contributed by atoms with Gasteiger partial charge in [0.1, 0.15) is 5.52 Å². The van der Waals surface area contributed by atoms with E-state index in [1.54, 1.807) is 6.20 Å². The van der Waals surface area contributed by atoms with Gasteiger partial charge in [0.15, 0.2) is 5.65 Å². The molecule has 5 nitrogen and oxygen atoms in total. The lowest BCUT2D eigenvalue weighted by molar-refractivity contribution is 0.691. The third-order valence-electron chi connectivity index (χ3n) is 2.64. The Morgan fingerprint density at radius 2 is 2.12 bits per heavy atom. The molecule has 0 unspecified atom stereocenters. The summed E-state index contributed by atoms with van der Waals surface area (Å²) < 4.78 is 2.07. The minimum atomic E-state index is 0.698. The Balaban J connectivity index is 2.18. The van der Waals surface area contributed by atoms with Crippen LogP contribution >= 0.6 is 0 Å². The van der Waals surface area contributed by atoms with E-state index < -0.39 is 0 Å². The summed E-state index contributed by atoms with van der Waals surface area (Å²) in [4.78, 5) is 13.0. The summed E-state index contributed by atoms with van der Waals surface area (Å²) in [6.07, 6.45) is 6.99. The zero-order valence-corrected chi connectivity index (χ0v) is 10.5. The summed E-state index contributed by atoms with van der Waals surface area (Å²) in [5.41, 5.74) is 1.78. The molecular weight excluding hydrogens is 214 g/mol. The first kappa shape index (κ1) is 11.8. The Morgan fingerprint density at radius 1 is 1.24 bits per heavy atom. The van der Waals surface area contributed by atoms with Gasteiger partial charge in [0, 0.05) is 13.1 Å². The maximum atomic E-state index is 4.50. The first-order valence-corrected chi connectivity index (χ1v) is 6.27. The van der Waals surface area contributed by atoms with Crippen molar-refractivity contribution in [2.24, 2.45) is 0 Å². The number of aromatic nitrogens is 4. The molecule has 2 rings (SSSR count). The van der Waals surface area contributed by atoms with Gasteiger partial charge >= 0.3 is 0 Å². The number of nitrogens with zero attached hydrogens (tertiary/aromatic N) is 4. The van der Waals surface area contributed by atoms with E-state index in [1.807, 2.05) is 6.33 Å². The third kappa shape index (κ3) is 2.72. The molecule has 2 aromatic rings. The minimum absolute atomic E-state index is 0.698. The Hall–Kier alpha value is -1.65. The highest BCUT2D eigenvalue weighted by molar-refractivity contribution is 5.70. The summed E-state index contributed by atoms with van der Waals surface area (Å²) in [6.45, 7) is 6.18. The molecule has 0 atom stereocenters. The van der Waals surface area contributed by atoms with Crippen LogP contribution in [-0.4, -0.2) is 26.1 Å². The van der Waals surface area contributed by atoms with Crippen LogP contribution in [0, 0.1) is 0 Å². The van der Waals surface area contributed by atoms with Crippen LogP contribution in [0.4, 0.5) is 5.95 Å². The Labute approximate surface area is 101 Å². The number of anilines is 1. The molecule has 0 aromatic carbocycles. The zero-order valence-electron chi connectivity index (χ0n) is 10.5. The standard InChI is InChI=1S/C12H19N5/c1-3-5-6-13-12-14-8-10-11(16-12)17(7-4-2)9-15-10/h8-9H,3-7H2,1-2H3,(H,13,14,16). The fourth-order valence-corrected chi connectivity index (χ4v) is 1.72. The van der Waals surface area contributed by atoms with E-state index in [9.17, 15) is 0 Å². The average molecular weight is 233 g/mol. The van der Waals surface area contributed by atoms with Gasteiger partial charge in [-0.1, -0.05) is 20.3 Å². The number of hydrogen-bond donors (Lipinski definition) is 1. The van der Waals surface area contributed by atoms with E-state index in [2.05, 4.69) is 38.7 Å². The molecule has 0 saturated heterocycles. The smallest absolute Gasteiger partial charge is 0.224 e. The molecule has 0 spiro atoms. The molecule has 5 heteroatoms. The van der Waals surface area contributed by atoms with Crippen LogP contribution in [0.2, 0.25) is 0 Å². The minimum Gasteiger partial charge on any atom is -0.354 e. The van der Waals surface area contributed by atoms with Gasteiger partial charge in [0.05, 0.1) is 12.5 Å². The fourth-order valence-electron chi connectivity index (χ4n) is 1.72. The monoisotopic (exact) mass is 233 g/mol. The van der Waals surface area contributed by atoms with E-state index in [0.717, 1.165) is 37.1 Å². The van der Waals surface area contributed by atoms with Gasteiger partial charge < -0.3 is 9.88 Å². The molecule has 0 aliphatic heterocycles. The Morgan fingerprint density at radius 3 is 2.88 bits per heavy atom. The second kappa shape index (κ2) is 5.61. The van der Waals surface area contributed by atoms with Crippen LogP contribution in [0.3, 0.4) is 0 Å². The number of rotatable bonds is 6. The number of unbranched alkanes of at least 4 members (excludes halogenated alkanes) is 1. The predicted octanol–water partition coefficient (Wildman–Crippen LogP) is 2.45. The van der Waals surface area contributed by atoms with Crippen LogP contribution < -0.4 is 5.32 Å². The maximum Gasteiger partial charge on any atom is 0.224 e.